The van der Waals surface area contributed by atoms with Gasteiger partial charge in [0.25, 0.3) is 0 Å². The van der Waals surface area contributed by atoms with Gasteiger partial charge in [-0.05, 0) is 20.3 Å². The molecule has 1 fully saturated rings. The maximum absolute atomic E-state index is 12.5. The lowest BCUT2D eigenvalue weighted by Crippen LogP contribution is -2.64. The average Bonchev–Trinajstić information content (AvgIpc) is 2.72. The van der Waals surface area contributed by atoms with Gasteiger partial charge in [-0.1, -0.05) is 64.7 Å². The first-order chi connectivity index (χ1) is 13.9. The van der Waals surface area contributed by atoms with Gasteiger partial charge in [0.05, 0.1) is 46.4 Å². The molecule has 0 bridgehead atoms. The van der Waals surface area contributed by atoms with E-state index in [1.54, 1.807) is 4.90 Å². The van der Waals surface area contributed by atoms with Crippen LogP contribution < -0.4 is 0 Å². The fraction of sp³-hybridized carbons (Fsp3) is 0.913. The maximum Gasteiger partial charge on any atom is 0.410 e. The van der Waals surface area contributed by atoms with Crippen molar-refractivity contribution in [1.82, 2.24) is 4.90 Å². The molecule has 1 amide bonds. The minimum atomic E-state index is -0.255. The smallest absolute Gasteiger partial charge is 0.410 e. The Balaban J connectivity index is 2.13. The lowest BCUT2D eigenvalue weighted by molar-refractivity contribution is -0.927. The predicted molar refractivity (Wildman–Crippen MR) is 117 cm³/mol. The Bertz CT molecular complexity index is 462. The summed E-state index contributed by atoms with van der Waals surface area (Å²) in [6.45, 7) is 9.65. The predicted octanol–water partition coefficient (Wildman–Crippen LogP) is 4.76. The van der Waals surface area contributed by atoms with Crippen LogP contribution in [0.5, 0.6) is 0 Å². The highest BCUT2D eigenvalue weighted by atomic mass is 16.6. The van der Waals surface area contributed by atoms with Crippen LogP contribution in [0.2, 0.25) is 0 Å². The first-order valence-corrected chi connectivity index (χ1v) is 11.9. The molecule has 0 N–H and O–H groups in total. The number of unbranched alkanes of at least 4 members (excludes halogenated alkanes) is 9. The summed E-state index contributed by atoms with van der Waals surface area (Å²) in [5, 5.41) is 0. The standard InChI is InChI=1S/C23H45N2O4/c1-5-7-8-9-10-11-12-13-14-15-20-29-22(26)21(3)25(4)18-16-24(17-19-25)23(27)28-6-2/h21H,5-20H2,1-4H3/q+1. The van der Waals surface area contributed by atoms with E-state index in [0.29, 0.717) is 30.8 Å². The van der Waals surface area contributed by atoms with Crippen molar-refractivity contribution in [1.29, 1.82) is 0 Å². The van der Waals surface area contributed by atoms with Gasteiger partial charge < -0.3 is 14.0 Å². The summed E-state index contributed by atoms with van der Waals surface area (Å²) in [7, 11) is 2.08. The number of nitrogens with zero attached hydrogens (tertiary/aromatic N) is 2. The Kier molecular flexibility index (Phi) is 13.0. The van der Waals surface area contributed by atoms with Crippen molar-refractivity contribution < 1.29 is 23.5 Å². The largest absolute Gasteiger partial charge is 0.461 e. The number of hydrogen-bond acceptors (Lipinski definition) is 4. The number of carbonyl (C=O) groups is 2. The Hall–Kier alpha value is -1.30. The molecular formula is C23H45N2O4+. The highest BCUT2D eigenvalue weighted by molar-refractivity contribution is 5.74. The second kappa shape index (κ2) is 14.6. The van der Waals surface area contributed by atoms with E-state index in [2.05, 4.69) is 14.0 Å². The van der Waals surface area contributed by atoms with E-state index in [1.807, 2.05) is 13.8 Å². The Morgan fingerprint density at radius 1 is 0.862 bits per heavy atom. The van der Waals surface area contributed by atoms with Crippen molar-refractivity contribution in [3.8, 4) is 0 Å². The van der Waals surface area contributed by atoms with Gasteiger partial charge in [-0.2, -0.15) is 0 Å². The second-order valence-electron chi connectivity index (χ2n) is 8.64. The van der Waals surface area contributed by atoms with Crippen LogP contribution in [0.1, 0.15) is 85.0 Å². The third-order valence-electron chi connectivity index (χ3n) is 6.31. The Morgan fingerprint density at radius 2 is 1.38 bits per heavy atom. The number of esters is 1. The Morgan fingerprint density at radius 3 is 1.90 bits per heavy atom. The van der Waals surface area contributed by atoms with Crippen LogP contribution in [0, 0.1) is 0 Å². The third kappa shape index (κ3) is 9.83. The molecule has 0 aromatic carbocycles. The molecule has 1 aliphatic rings. The second-order valence-corrected chi connectivity index (χ2v) is 8.64. The molecule has 6 nitrogen and oxygen atoms in total. The normalized spacial score (nSPS) is 17.0. The molecule has 0 aliphatic carbocycles. The van der Waals surface area contributed by atoms with Crippen molar-refractivity contribution in [3.05, 3.63) is 0 Å². The van der Waals surface area contributed by atoms with E-state index < -0.39 is 0 Å². The molecule has 1 rings (SSSR count). The molecule has 6 heteroatoms. The summed E-state index contributed by atoms with van der Waals surface area (Å²) in [5.74, 6) is -0.118. The van der Waals surface area contributed by atoms with E-state index in [9.17, 15) is 9.59 Å². The van der Waals surface area contributed by atoms with Crippen LogP contribution in [0.3, 0.4) is 0 Å². The lowest BCUT2D eigenvalue weighted by Gasteiger charge is -2.44. The van der Waals surface area contributed by atoms with Gasteiger partial charge in [0.2, 0.25) is 0 Å². The summed E-state index contributed by atoms with van der Waals surface area (Å²) in [4.78, 5) is 26.1. The zero-order chi connectivity index (χ0) is 21.5. The van der Waals surface area contributed by atoms with Crippen LogP contribution in [-0.4, -0.2) is 73.9 Å². The van der Waals surface area contributed by atoms with Crippen molar-refractivity contribution >= 4 is 12.1 Å². The summed E-state index contributed by atoms with van der Waals surface area (Å²) in [5.41, 5.74) is 0. The summed E-state index contributed by atoms with van der Waals surface area (Å²) >= 11 is 0. The van der Waals surface area contributed by atoms with Gasteiger partial charge in [-0.25, -0.2) is 9.59 Å². The number of amides is 1. The van der Waals surface area contributed by atoms with Crippen LogP contribution in [-0.2, 0) is 14.3 Å². The van der Waals surface area contributed by atoms with Crippen molar-refractivity contribution in [3.63, 3.8) is 0 Å². The molecule has 0 aromatic rings. The molecule has 1 atom stereocenters. The molecule has 0 saturated carbocycles. The number of carbonyl (C=O) groups excluding carboxylic acids is 2. The zero-order valence-electron chi connectivity index (χ0n) is 19.4. The summed E-state index contributed by atoms with van der Waals surface area (Å²) in [6, 6.07) is -0.206. The van der Waals surface area contributed by atoms with Crippen LogP contribution in [0.4, 0.5) is 4.79 Å². The van der Waals surface area contributed by atoms with Crippen molar-refractivity contribution in [2.75, 3.05) is 46.4 Å². The van der Waals surface area contributed by atoms with Crippen LogP contribution in [0.25, 0.3) is 0 Å². The third-order valence-corrected chi connectivity index (χ3v) is 6.31. The fourth-order valence-electron chi connectivity index (χ4n) is 3.84. The van der Waals surface area contributed by atoms with E-state index in [-0.39, 0.29) is 18.1 Å². The molecule has 0 aromatic heterocycles. The number of likely N-dealkylation sites (N-methyl/N-ethyl adjacent to an activating group) is 1. The number of ether oxygens (including phenoxy) is 2. The average molecular weight is 414 g/mol. The molecule has 0 radical (unpaired) electrons. The van der Waals surface area contributed by atoms with E-state index in [4.69, 9.17) is 9.47 Å². The molecule has 170 valence electrons. The topological polar surface area (TPSA) is 55.8 Å². The highest BCUT2D eigenvalue weighted by Crippen LogP contribution is 2.17. The number of quaternary nitrogens is 1. The van der Waals surface area contributed by atoms with Gasteiger partial charge in [0.1, 0.15) is 0 Å². The van der Waals surface area contributed by atoms with Gasteiger partial charge in [0, 0.05) is 0 Å². The first kappa shape index (κ1) is 25.7. The zero-order valence-corrected chi connectivity index (χ0v) is 19.4. The first-order valence-electron chi connectivity index (χ1n) is 11.9. The van der Waals surface area contributed by atoms with Crippen LogP contribution >= 0.6 is 0 Å². The summed E-state index contributed by atoms with van der Waals surface area (Å²) in [6.07, 6.45) is 12.5. The van der Waals surface area contributed by atoms with Gasteiger partial charge >= 0.3 is 12.1 Å². The van der Waals surface area contributed by atoms with E-state index in [0.717, 1.165) is 25.9 Å². The Labute approximate surface area is 178 Å². The van der Waals surface area contributed by atoms with E-state index >= 15 is 0 Å². The molecule has 1 saturated heterocycles. The number of hydrogen-bond donors (Lipinski definition) is 0. The van der Waals surface area contributed by atoms with Crippen LogP contribution in [0.15, 0.2) is 0 Å². The molecule has 29 heavy (non-hydrogen) atoms. The molecular weight excluding hydrogens is 368 g/mol. The van der Waals surface area contributed by atoms with E-state index in [1.165, 1.54) is 51.4 Å². The van der Waals surface area contributed by atoms with Gasteiger partial charge in [-0.3, -0.25) is 4.90 Å². The molecule has 1 unspecified atom stereocenters. The monoisotopic (exact) mass is 413 g/mol. The number of rotatable bonds is 14. The van der Waals surface area contributed by atoms with Crippen molar-refractivity contribution in [2.45, 2.75) is 91.0 Å². The number of piperazine rings is 1. The molecule has 1 aliphatic heterocycles. The highest BCUT2D eigenvalue weighted by Gasteiger charge is 2.40. The SMILES string of the molecule is CCCCCCCCCCCCOC(=O)C(C)[N+]1(C)CCN(C(=O)OCC)CC1. The summed E-state index contributed by atoms with van der Waals surface area (Å²) < 4.78 is 11.2. The van der Waals surface area contributed by atoms with Crippen molar-refractivity contribution in [2.24, 2.45) is 0 Å². The minimum Gasteiger partial charge on any atom is -0.461 e. The fourth-order valence-corrected chi connectivity index (χ4v) is 3.84. The molecule has 1 heterocycles. The maximum atomic E-state index is 12.5. The minimum absolute atomic E-state index is 0.118. The lowest BCUT2D eigenvalue weighted by atomic mass is 10.1. The van der Waals surface area contributed by atoms with Gasteiger partial charge in [0.15, 0.2) is 6.04 Å². The molecule has 0 spiro atoms. The van der Waals surface area contributed by atoms with Gasteiger partial charge in [-0.15, -0.1) is 0 Å². The quantitative estimate of drug-likeness (QED) is 0.234.